The predicted molar refractivity (Wildman–Crippen MR) is 162 cm³/mol. The van der Waals surface area contributed by atoms with Crippen LogP contribution in [0.2, 0.25) is 25.7 Å². The molecule has 0 saturated carbocycles. The number of anilines is 1. The molecule has 1 N–H and O–H groups in total. The summed E-state index contributed by atoms with van der Waals surface area (Å²) in [6.07, 6.45) is -3.47. The lowest BCUT2D eigenvalue weighted by atomic mass is 10.1. The summed E-state index contributed by atoms with van der Waals surface area (Å²) in [5.41, 5.74) is 0.924. The van der Waals surface area contributed by atoms with Crippen molar-refractivity contribution in [1.82, 2.24) is 14.5 Å². The molecule has 14 heteroatoms. The number of nitrogens with one attached hydrogen (secondary N) is 1. The lowest BCUT2D eigenvalue weighted by molar-refractivity contribution is -0.141. The highest BCUT2D eigenvalue weighted by Gasteiger charge is 2.31. The monoisotopic (exact) mass is 633 g/mol. The average Bonchev–Trinajstić information content (AvgIpc) is 3.23. The first kappa shape index (κ1) is 33.0. The van der Waals surface area contributed by atoms with Gasteiger partial charge in [0.2, 0.25) is 5.62 Å². The molecule has 10 nitrogen and oxygen atoms in total. The van der Waals surface area contributed by atoms with Gasteiger partial charge in [-0.3, -0.25) is 19.1 Å². The van der Waals surface area contributed by atoms with Gasteiger partial charge in [0.05, 0.1) is 23.2 Å². The van der Waals surface area contributed by atoms with Crippen LogP contribution in [0, 0.1) is 0 Å². The topological polar surface area (TPSA) is 107 Å². The van der Waals surface area contributed by atoms with Gasteiger partial charge in [-0.05, 0) is 55.3 Å². The Hall–Kier alpha value is -3.91. The largest absolute Gasteiger partial charge is 0.466 e. The number of amides is 3. The van der Waals surface area contributed by atoms with Crippen LogP contribution >= 0.6 is 0 Å². The molecule has 0 radical (unpaired) electrons. The number of aryl methyl sites for hydroxylation is 1. The number of hydrogen-bond acceptors (Lipinski definition) is 5. The average molecular weight is 634 g/mol. The lowest BCUT2D eigenvalue weighted by Gasteiger charge is -2.27. The van der Waals surface area contributed by atoms with Crippen molar-refractivity contribution < 1.29 is 37.0 Å². The first-order valence-electron chi connectivity index (χ1n) is 14.5. The molecule has 44 heavy (non-hydrogen) atoms. The molecule has 0 atom stereocenters. The van der Waals surface area contributed by atoms with E-state index < -0.39 is 31.7 Å². The summed E-state index contributed by atoms with van der Waals surface area (Å²) >= 11 is 0. The van der Waals surface area contributed by atoms with E-state index in [0.29, 0.717) is 42.8 Å². The Balaban J connectivity index is 1.85. The highest BCUT2D eigenvalue weighted by atomic mass is 28.3. The van der Waals surface area contributed by atoms with Crippen molar-refractivity contribution in [3.05, 3.63) is 59.2 Å². The quantitative estimate of drug-likeness (QED) is 0.173. The molecule has 3 amide bonds. The summed E-state index contributed by atoms with van der Waals surface area (Å²) in [5.74, 6) is -1.28. The summed E-state index contributed by atoms with van der Waals surface area (Å²) in [4.78, 5) is 43.3. The zero-order valence-corrected chi connectivity index (χ0v) is 26.4. The van der Waals surface area contributed by atoms with E-state index >= 15 is 0 Å². The highest BCUT2D eigenvalue weighted by Crippen LogP contribution is 2.30. The summed E-state index contributed by atoms with van der Waals surface area (Å²) < 4.78 is 54.8. The van der Waals surface area contributed by atoms with E-state index in [9.17, 15) is 27.6 Å². The van der Waals surface area contributed by atoms with Crippen molar-refractivity contribution in [2.45, 2.75) is 64.9 Å². The zero-order valence-electron chi connectivity index (χ0n) is 25.4. The van der Waals surface area contributed by atoms with E-state index in [1.807, 2.05) is 12.1 Å². The Bertz CT molecular complexity index is 1590. The van der Waals surface area contributed by atoms with Crippen LogP contribution < -0.4 is 15.8 Å². The number of fused-ring (bicyclic) bond motifs is 1. The third-order valence-corrected chi connectivity index (χ3v) is 8.81. The van der Waals surface area contributed by atoms with Crippen molar-refractivity contribution in [2.24, 2.45) is 4.99 Å². The van der Waals surface area contributed by atoms with Gasteiger partial charge in [0.25, 0.3) is 5.91 Å². The number of ether oxygens (including phenoxy) is 2. The first-order chi connectivity index (χ1) is 20.7. The maximum absolute atomic E-state index is 13.4. The van der Waals surface area contributed by atoms with Gasteiger partial charge in [-0.15, -0.1) is 0 Å². The van der Waals surface area contributed by atoms with Crippen molar-refractivity contribution in [1.29, 1.82) is 0 Å². The number of benzene rings is 2. The number of nitrogens with zero attached hydrogens (tertiary/aromatic N) is 4. The van der Waals surface area contributed by atoms with Crippen LogP contribution in [-0.4, -0.2) is 61.4 Å². The van der Waals surface area contributed by atoms with Crippen molar-refractivity contribution >= 4 is 42.7 Å². The number of alkyl halides is 3. The SMILES string of the molecule is CC(=O)OCCCn1c(=NC(=O)c2cccc(C(F)(F)F)c2)n(COCC[Si](C)(C)C)c2cc(N3CCCNC3=O)ccc21. The molecule has 1 aliphatic heterocycles. The Morgan fingerprint density at radius 2 is 1.82 bits per heavy atom. The van der Waals surface area contributed by atoms with Crippen LogP contribution in [0.4, 0.5) is 23.7 Å². The maximum atomic E-state index is 13.4. The number of rotatable bonds is 11. The number of imidazole rings is 1. The first-order valence-corrected chi connectivity index (χ1v) is 18.2. The Labute approximate surface area is 254 Å². The van der Waals surface area contributed by atoms with Gasteiger partial charge in [0.15, 0.2) is 0 Å². The van der Waals surface area contributed by atoms with E-state index in [1.165, 1.54) is 19.1 Å². The minimum absolute atomic E-state index is 0.0162. The highest BCUT2D eigenvalue weighted by molar-refractivity contribution is 6.76. The minimum Gasteiger partial charge on any atom is -0.466 e. The third kappa shape index (κ3) is 8.38. The second kappa shape index (κ2) is 13.8. The molecule has 1 aliphatic rings. The molecule has 1 aromatic heterocycles. The molecule has 2 heterocycles. The Morgan fingerprint density at radius 1 is 1.05 bits per heavy atom. The second-order valence-electron chi connectivity index (χ2n) is 11.8. The second-order valence-corrected chi connectivity index (χ2v) is 17.4. The molecule has 2 aromatic carbocycles. The molecule has 0 unspecified atom stereocenters. The normalized spacial score (nSPS) is 14.7. The number of carbonyl (C=O) groups excluding carboxylic acids is 3. The van der Waals surface area contributed by atoms with Gasteiger partial charge in [0, 0.05) is 52.5 Å². The van der Waals surface area contributed by atoms with E-state index in [4.69, 9.17) is 9.47 Å². The Kier molecular flexibility index (Phi) is 10.4. The van der Waals surface area contributed by atoms with E-state index in [-0.39, 0.29) is 37.1 Å². The smallest absolute Gasteiger partial charge is 0.416 e. The molecule has 1 fully saturated rings. The standard InChI is InChI=1S/C30H38F3N5O5Si/c1-21(39)43-15-7-14-37-25-11-10-24(36-13-6-12-34-29(36)41)19-26(25)38(20-42-16-17-44(2,3)4)28(37)35-27(40)22-8-5-9-23(18-22)30(31,32)33/h5,8-11,18-19H,6-7,12-17,20H2,1-4H3,(H,34,41). The number of urea groups is 1. The number of carbonyl (C=O) groups is 3. The molecule has 0 spiro atoms. The van der Waals surface area contributed by atoms with E-state index in [2.05, 4.69) is 30.0 Å². The summed E-state index contributed by atoms with van der Waals surface area (Å²) in [5, 5.41) is 2.84. The van der Waals surface area contributed by atoms with Crippen LogP contribution in [-0.2, 0) is 33.7 Å². The Morgan fingerprint density at radius 3 is 2.50 bits per heavy atom. The van der Waals surface area contributed by atoms with E-state index in [1.54, 1.807) is 20.1 Å². The van der Waals surface area contributed by atoms with Crippen molar-refractivity contribution in [3.8, 4) is 0 Å². The van der Waals surface area contributed by atoms with Crippen molar-refractivity contribution in [3.63, 3.8) is 0 Å². The molecular formula is C30H38F3N5O5Si. The zero-order chi connectivity index (χ0) is 32.1. The number of halogens is 3. The predicted octanol–water partition coefficient (Wildman–Crippen LogP) is 5.39. The van der Waals surface area contributed by atoms with Gasteiger partial charge < -0.3 is 19.4 Å². The van der Waals surface area contributed by atoms with Gasteiger partial charge in [-0.1, -0.05) is 25.7 Å². The molecule has 238 valence electrons. The van der Waals surface area contributed by atoms with Crippen LogP contribution in [0.25, 0.3) is 11.0 Å². The van der Waals surface area contributed by atoms with Gasteiger partial charge >= 0.3 is 18.2 Å². The van der Waals surface area contributed by atoms with Crippen LogP contribution in [0.15, 0.2) is 47.5 Å². The number of esters is 1. The molecule has 1 saturated heterocycles. The third-order valence-electron chi connectivity index (χ3n) is 7.10. The molecule has 0 aliphatic carbocycles. The number of hydrogen-bond donors (Lipinski definition) is 1. The van der Waals surface area contributed by atoms with E-state index in [0.717, 1.165) is 24.6 Å². The van der Waals surface area contributed by atoms with Gasteiger partial charge in [-0.25, -0.2) is 4.79 Å². The fourth-order valence-corrected chi connectivity index (χ4v) is 5.54. The van der Waals surface area contributed by atoms with Crippen LogP contribution in [0.5, 0.6) is 0 Å². The summed E-state index contributed by atoms with van der Waals surface area (Å²) in [6, 6.07) is 10.2. The number of aromatic nitrogens is 2. The molecular weight excluding hydrogens is 595 g/mol. The fourth-order valence-electron chi connectivity index (χ4n) is 4.79. The van der Waals surface area contributed by atoms with Crippen LogP contribution in [0.1, 0.15) is 35.7 Å². The van der Waals surface area contributed by atoms with Crippen molar-refractivity contribution in [2.75, 3.05) is 31.2 Å². The lowest BCUT2D eigenvalue weighted by Crippen LogP contribution is -2.46. The summed E-state index contributed by atoms with van der Waals surface area (Å²) in [7, 11) is -1.42. The van der Waals surface area contributed by atoms with Gasteiger partial charge in [-0.2, -0.15) is 18.2 Å². The van der Waals surface area contributed by atoms with Gasteiger partial charge in [0.1, 0.15) is 6.73 Å². The van der Waals surface area contributed by atoms with Crippen LogP contribution in [0.3, 0.4) is 0 Å². The molecule has 4 rings (SSSR count). The summed E-state index contributed by atoms with van der Waals surface area (Å²) in [6.45, 7) is 9.98. The fraction of sp³-hybridized carbons (Fsp3) is 0.467. The maximum Gasteiger partial charge on any atom is 0.416 e. The molecule has 3 aromatic rings. The molecule has 0 bridgehead atoms. The minimum atomic E-state index is -4.62.